The van der Waals surface area contributed by atoms with Gasteiger partial charge in [-0.05, 0) is 17.4 Å². The van der Waals surface area contributed by atoms with Crippen molar-refractivity contribution in [1.82, 2.24) is 5.32 Å². The summed E-state index contributed by atoms with van der Waals surface area (Å²) in [6, 6.07) is 0. The summed E-state index contributed by atoms with van der Waals surface area (Å²) in [5.74, 6) is -0.398. The van der Waals surface area contributed by atoms with Gasteiger partial charge in [-0.15, -0.1) is 4.52 Å². The highest BCUT2D eigenvalue weighted by Crippen LogP contribution is 2.14. The molecule has 1 N–H and O–H groups in total. The highest BCUT2D eigenvalue weighted by Gasteiger charge is 2.07. The van der Waals surface area contributed by atoms with Gasteiger partial charge in [0.15, 0.2) is 6.66 Å². The second kappa shape index (κ2) is 10.9. The second-order valence-corrected chi connectivity index (χ2v) is 4.51. The van der Waals surface area contributed by atoms with E-state index in [0.29, 0.717) is 32.4 Å². The van der Waals surface area contributed by atoms with Gasteiger partial charge >= 0.3 is 20.1 Å². The number of rotatable bonds is 9. The summed E-state index contributed by atoms with van der Waals surface area (Å²) < 4.78 is 24.6. The van der Waals surface area contributed by atoms with Crippen molar-refractivity contribution in [3.63, 3.8) is 0 Å². The van der Waals surface area contributed by atoms with Crippen molar-refractivity contribution in [1.29, 1.82) is 0 Å². The Balaban J connectivity index is 3.37. The van der Waals surface area contributed by atoms with Crippen LogP contribution < -0.4 is 5.32 Å². The Morgan fingerprint density at radius 2 is 2.00 bits per heavy atom. The van der Waals surface area contributed by atoms with Crippen LogP contribution in [-0.2, 0) is 23.4 Å². The number of carbonyl (C=O) groups excluding carboxylic acids is 2. The van der Waals surface area contributed by atoms with Crippen molar-refractivity contribution < 1.29 is 28.2 Å². The molecule has 0 spiro atoms. The van der Waals surface area contributed by atoms with Gasteiger partial charge in [-0.3, -0.25) is 4.79 Å². The number of amides is 1. The minimum absolute atomic E-state index is 0.303. The molecular weight excluding hydrogens is 261 g/mol. The number of alkyl carbamates (subject to hydrolysis) is 1. The predicted octanol–water partition coefficient (Wildman–Crippen LogP) is 1.79. The topological polar surface area (TPSA) is 90.9 Å². The summed E-state index contributed by atoms with van der Waals surface area (Å²) in [6.07, 6.45) is 0.849. The molecule has 0 radical (unpaired) electrons. The Labute approximate surface area is 107 Å². The van der Waals surface area contributed by atoms with E-state index in [1.807, 2.05) is 6.92 Å². The van der Waals surface area contributed by atoms with Crippen LogP contribution in [0.15, 0.2) is 0 Å². The molecule has 0 aromatic carbocycles. The van der Waals surface area contributed by atoms with Crippen molar-refractivity contribution in [2.75, 3.05) is 26.6 Å². The van der Waals surface area contributed by atoms with Gasteiger partial charge in [0.2, 0.25) is 6.79 Å². The Morgan fingerprint density at radius 3 is 2.61 bits per heavy atom. The standard InChI is InChI=1S/C10H18NO6P/c1-3-5-9(12)15-8-16-10(13)11-6-4-7-17-18(2)14/h3-8H2,1-2H3/p+1. The van der Waals surface area contributed by atoms with Crippen LogP contribution in [0.5, 0.6) is 0 Å². The van der Waals surface area contributed by atoms with E-state index in [2.05, 4.69) is 14.8 Å². The molecule has 0 aromatic rings. The van der Waals surface area contributed by atoms with Crippen molar-refractivity contribution in [2.45, 2.75) is 26.2 Å². The molecule has 104 valence electrons. The van der Waals surface area contributed by atoms with Crippen LogP contribution in [-0.4, -0.2) is 38.7 Å². The summed E-state index contributed by atoms with van der Waals surface area (Å²) in [5, 5.41) is 2.43. The smallest absolute Gasteiger partial charge is 0.428 e. The zero-order valence-corrected chi connectivity index (χ0v) is 11.5. The predicted molar refractivity (Wildman–Crippen MR) is 64.5 cm³/mol. The lowest BCUT2D eigenvalue weighted by Crippen LogP contribution is -2.27. The number of carbonyl (C=O) groups is 2. The van der Waals surface area contributed by atoms with Crippen molar-refractivity contribution in [3.8, 4) is 0 Å². The van der Waals surface area contributed by atoms with Crippen LogP contribution in [0, 0.1) is 0 Å². The van der Waals surface area contributed by atoms with E-state index in [-0.39, 0.29) is 6.79 Å². The van der Waals surface area contributed by atoms with Gasteiger partial charge in [-0.2, -0.15) is 0 Å². The van der Waals surface area contributed by atoms with Crippen molar-refractivity contribution >= 4 is 20.1 Å². The number of hydrogen-bond acceptors (Lipinski definition) is 6. The average Bonchev–Trinajstić information content (AvgIpc) is 2.28. The first-order valence-electron chi connectivity index (χ1n) is 5.66. The van der Waals surface area contributed by atoms with E-state index in [9.17, 15) is 14.2 Å². The summed E-state index contributed by atoms with van der Waals surface area (Å²) >= 11 is 0. The maximum absolute atomic E-state index is 11.1. The molecule has 0 aliphatic heterocycles. The molecule has 0 fully saturated rings. The summed E-state index contributed by atoms with van der Waals surface area (Å²) in [7, 11) is -1.60. The van der Waals surface area contributed by atoms with E-state index in [1.54, 1.807) is 0 Å². The van der Waals surface area contributed by atoms with E-state index < -0.39 is 20.1 Å². The van der Waals surface area contributed by atoms with Crippen LogP contribution in [0.2, 0.25) is 0 Å². The number of ether oxygens (including phenoxy) is 2. The van der Waals surface area contributed by atoms with Crippen LogP contribution >= 0.6 is 8.03 Å². The molecule has 0 aromatic heterocycles. The average molecular weight is 280 g/mol. The normalized spacial score (nSPS) is 10.7. The van der Waals surface area contributed by atoms with Gasteiger partial charge in [-0.25, -0.2) is 4.79 Å². The molecule has 8 heteroatoms. The number of hydrogen-bond donors (Lipinski definition) is 1. The van der Waals surface area contributed by atoms with Gasteiger partial charge in [-0.1, -0.05) is 6.92 Å². The highest BCUT2D eigenvalue weighted by atomic mass is 31.1. The molecule has 0 heterocycles. The zero-order chi connectivity index (χ0) is 13.8. The minimum atomic E-state index is -1.60. The number of esters is 1. The third kappa shape index (κ3) is 11.3. The largest absolute Gasteiger partial charge is 0.504 e. The van der Waals surface area contributed by atoms with Crippen molar-refractivity contribution in [2.24, 2.45) is 0 Å². The van der Waals surface area contributed by atoms with Gasteiger partial charge < -0.3 is 14.8 Å². The first-order valence-corrected chi connectivity index (χ1v) is 7.28. The summed E-state index contributed by atoms with van der Waals surface area (Å²) in [6.45, 7) is 3.56. The Kier molecular flexibility index (Phi) is 10.2. The first kappa shape index (κ1) is 16.8. The highest BCUT2D eigenvalue weighted by molar-refractivity contribution is 7.38. The Bertz CT molecular complexity index is 284. The van der Waals surface area contributed by atoms with Gasteiger partial charge in [0.25, 0.3) is 0 Å². The molecule has 0 aliphatic carbocycles. The number of nitrogens with one attached hydrogen (secondary N) is 1. The zero-order valence-electron chi connectivity index (χ0n) is 10.6. The molecule has 1 atom stereocenters. The second-order valence-electron chi connectivity index (χ2n) is 3.37. The van der Waals surface area contributed by atoms with E-state index in [0.717, 1.165) is 0 Å². The molecule has 0 bridgehead atoms. The fourth-order valence-corrected chi connectivity index (χ4v) is 1.32. The fraction of sp³-hybridized carbons (Fsp3) is 0.800. The third-order valence-corrected chi connectivity index (χ3v) is 2.27. The molecule has 1 amide bonds. The lowest BCUT2D eigenvalue weighted by Gasteiger charge is -2.06. The molecule has 0 saturated heterocycles. The molecule has 0 aliphatic rings. The van der Waals surface area contributed by atoms with Gasteiger partial charge in [0.1, 0.15) is 6.61 Å². The summed E-state index contributed by atoms with van der Waals surface area (Å²) in [5.41, 5.74) is 0. The quantitative estimate of drug-likeness (QED) is 0.300. The maximum Gasteiger partial charge on any atom is 0.504 e. The van der Waals surface area contributed by atoms with Crippen molar-refractivity contribution in [3.05, 3.63) is 0 Å². The molecule has 0 saturated carbocycles. The Hall–Kier alpha value is -1.20. The molecule has 0 rings (SSSR count). The molecular formula is C10H19NO6P+. The SMILES string of the molecule is CCCC(=O)OCOC(=O)NCCCO[P+](C)=O. The lowest BCUT2D eigenvalue weighted by atomic mass is 10.3. The minimum Gasteiger partial charge on any atom is -0.428 e. The first-order chi connectivity index (χ1) is 8.56. The third-order valence-electron chi connectivity index (χ3n) is 1.73. The molecule has 18 heavy (non-hydrogen) atoms. The lowest BCUT2D eigenvalue weighted by molar-refractivity contribution is -0.151. The van der Waals surface area contributed by atoms with Crippen LogP contribution in [0.3, 0.4) is 0 Å². The fourth-order valence-electron chi connectivity index (χ4n) is 0.932. The Morgan fingerprint density at radius 1 is 1.28 bits per heavy atom. The molecule has 7 nitrogen and oxygen atoms in total. The van der Waals surface area contributed by atoms with Gasteiger partial charge in [0, 0.05) is 13.0 Å². The van der Waals surface area contributed by atoms with E-state index in [1.165, 1.54) is 6.66 Å². The van der Waals surface area contributed by atoms with E-state index in [4.69, 9.17) is 4.52 Å². The van der Waals surface area contributed by atoms with Gasteiger partial charge in [0.05, 0.1) is 0 Å². The monoisotopic (exact) mass is 280 g/mol. The maximum atomic E-state index is 11.1. The summed E-state index contributed by atoms with van der Waals surface area (Å²) in [4.78, 5) is 22.0. The van der Waals surface area contributed by atoms with Crippen LogP contribution in [0.1, 0.15) is 26.2 Å². The molecule has 1 unspecified atom stereocenters. The van der Waals surface area contributed by atoms with E-state index >= 15 is 0 Å². The van der Waals surface area contributed by atoms with Crippen LogP contribution in [0.25, 0.3) is 0 Å². The van der Waals surface area contributed by atoms with Crippen LogP contribution in [0.4, 0.5) is 4.79 Å².